The first kappa shape index (κ1) is 35.1. The molecule has 1 aromatic carbocycles. The molecule has 0 radical (unpaired) electrons. The Morgan fingerprint density at radius 1 is 0.975 bits per heavy atom. The first-order valence-corrected chi connectivity index (χ1v) is 12.1. The third-order valence-electron chi connectivity index (χ3n) is 5.46. The molecule has 0 unspecified atom stereocenters. The summed E-state index contributed by atoms with van der Waals surface area (Å²) in [6.07, 6.45) is 6.36. The van der Waals surface area contributed by atoms with Crippen LogP contribution in [0.2, 0.25) is 10.0 Å². The zero-order valence-electron chi connectivity index (χ0n) is 21.5. The van der Waals surface area contributed by atoms with E-state index in [1.165, 1.54) is 12.3 Å². The van der Waals surface area contributed by atoms with Crippen LogP contribution < -0.4 is 10.2 Å². The molecule has 0 aliphatic heterocycles. The van der Waals surface area contributed by atoms with Gasteiger partial charge in [0.15, 0.2) is 0 Å². The van der Waals surface area contributed by atoms with Crippen molar-refractivity contribution in [1.29, 1.82) is 0 Å². The number of rotatable bonds is 11. The van der Waals surface area contributed by atoms with Crippen LogP contribution in [-0.4, -0.2) is 75.0 Å². The number of nitrogens with one attached hydrogen (secondary N) is 2. The lowest BCUT2D eigenvalue weighted by atomic mass is 10.1. The van der Waals surface area contributed by atoms with E-state index in [1.54, 1.807) is 36.8 Å². The van der Waals surface area contributed by atoms with Crippen LogP contribution in [0.3, 0.4) is 0 Å². The van der Waals surface area contributed by atoms with E-state index in [0.29, 0.717) is 64.1 Å². The number of aromatic nitrogens is 5. The predicted molar refractivity (Wildman–Crippen MR) is 167 cm³/mol. The maximum Gasteiger partial charge on any atom is 0.287 e. The lowest BCUT2D eigenvalue weighted by molar-refractivity contribution is -0.385. The van der Waals surface area contributed by atoms with Crippen LogP contribution in [0.5, 0.6) is 0 Å². The van der Waals surface area contributed by atoms with E-state index in [9.17, 15) is 10.1 Å². The number of nitro groups is 1. The van der Waals surface area contributed by atoms with Crippen LogP contribution in [0, 0.1) is 10.1 Å². The Morgan fingerprint density at radius 2 is 1.75 bits per heavy atom. The van der Waals surface area contributed by atoms with Crippen molar-refractivity contribution in [3.8, 4) is 22.6 Å². The van der Waals surface area contributed by atoms with E-state index in [2.05, 4.69) is 35.1 Å². The summed E-state index contributed by atoms with van der Waals surface area (Å²) >= 11 is 12.7. The van der Waals surface area contributed by atoms with Crippen LogP contribution in [0.1, 0.15) is 0 Å². The van der Waals surface area contributed by atoms with Gasteiger partial charge in [-0.25, -0.2) is 19.9 Å². The topological polar surface area (TPSA) is 129 Å². The number of H-pyrrole nitrogens is 1. The average Bonchev–Trinajstić information content (AvgIpc) is 3.41. The summed E-state index contributed by atoms with van der Waals surface area (Å²) < 4.78 is 0. The number of anilines is 2. The molecule has 40 heavy (non-hydrogen) atoms. The molecular formula is C24H28Cl5N9O2. The number of imidazole rings is 1. The van der Waals surface area contributed by atoms with Gasteiger partial charge in [0.25, 0.3) is 5.69 Å². The molecule has 3 heterocycles. The van der Waals surface area contributed by atoms with E-state index in [1.807, 2.05) is 20.2 Å². The van der Waals surface area contributed by atoms with Gasteiger partial charge in [0, 0.05) is 61.4 Å². The Bertz CT molecular complexity index is 1360. The molecule has 0 atom stereocenters. The molecule has 4 rings (SSSR count). The lowest BCUT2D eigenvalue weighted by Crippen LogP contribution is -2.36. The zero-order chi connectivity index (χ0) is 26.4. The van der Waals surface area contributed by atoms with Gasteiger partial charge in [0.1, 0.15) is 17.8 Å². The fourth-order valence-electron chi connectivity index (χ4n) is 3.55. The van der Waals surface area contributed by atoms with Crippen LogP contribution in [-0.2, 0) is 0 Å². The van der Waals surface area contributed by atoms with E-state index in [0.717, 1.165) is 6.54 Å². The molecule has 0 amide bonds. The number of aromatic amines is 1. The standard InChI is InChI=1S/C24H25Cl2N9O2.3ClH/c1-33(2)11-12-34(10-9-27-21-6-4-17(14-30-21)35(36)37)24-31-15-19(23-28-7-8-29-23)22(32-24)18-5-3-16(25)13-20(18)26;;;/h3-8,13-15H,9-12H2,1-2H3,(H,27,30)(H,28,29);3*1H. The van der Waals surface area contributed by atoms with Gasteiger partial charge in [-0.2, -0.15) is 0 Å². The highest BCUT2D eigenvalue weighted by Gasteiger charge is 2.19. The van der Waals surface area contributed by atoms with Crippen molar-refractivity contribution >= 4 is 77.9 Å². The fourth-order valence-corrected chi connectivity index (χ4v) is 4.05. The summed E-state index contributed by atoms with van der Waals surface area (Å²) in [6.45, 7) is 2.51. The fraction of sp³-hybridized carbons (Fsp3) is 0.250. The van der Waals surface area contributed by atoms with E-state index < -0.39 is 4.92 Å². The minimum atomic E-state index is -0.478. The third-order valence-corrected chi connectivity index (χ3v) is 6.01. The van der Waals surface area contributed by atoms with Gasteiger partial charge >= 0.3 is 0 Å². The van der Waals surface area contributed by atoms with Crippen molar-refractivity contribution in [2.45, 2.75) is 0 Å². The molecule has 11 nitrogen and oxygen atoms in total. The Hall–Kier alpha value is -2.93. The summed E-state index contributed by atoms with van der Waals surface area (Å²) in [5.41, 5.74) is 1.98. The van der Waals surface area contributed by atoms with Gasteiger partial charge in [-0.3, -0.25) is 10.1 Å². The van der Waals surface area contributed by atoms with Crippen molar-refractivity contribution in [1.82, 2.24) is 29.8 Å². The highest BCUT2D eigenvalue weighted by molar-refractivity contribution is 6.36. The molecule has 0 aliphatic carbocycles. The monoisotopic (exact) mass is 649 g/mol. The van der Waals surface area contributed by atoms with Gasteiger partial charge < -0.3 is 20.1 Å². The van der Waals surface area contributed by atoms with E-state index >= 15 is 0 Å². The Kier molecular flexibility index (Phi) is 14.4. The second-order valence-electron chi connectivity index (χ2n) is 8.37. The van der Waals surface area contributed by atoms with Crippen LogP contribution >= 0.6 is 60.4 Å². The second-order valence-corrected chi connectivity index (χ2v) is 9.21. The molecule has 0 aliphatic rings. The maximum absolute atomic E-state index is 10.9. The largest absolute Gasteiger partial charge is 0.368 e. The number of hydrogen-bond donors (Lipinski definition) is 2. The average molecular weight is 652 g/mol. The highest BCUT2D eigenvalue weighted by Crippen LogP contribution is 2.35. The summed E-state index contributed by atoms with van der Waals surface area (Å²) in [7, 11) is 3.99. The van der Waals surface area contributed by atoms with E-state index in [-0.39, 0.29) is 42.9 Å². The van der Waals surface area contributed by atoms with Crippen molar-refractivity contribution in [3.63, 3.8) is 0 Å². The normalized spacial score (nSPS) is 10.2. The van der Waals surface area contributed by atoms with Crippen LogP contribution in [0.25, 0.3) is 22.6 Å². The zero-order valence-corrected chi connectivity index (χ0v) is 25.4. The van der Waals surface area contributed by atoms with Gasteiger partial charge in [0.2, 0.25) is 5.95 Å². The predicted octanol–water partition coefficient (Wildman–Crippen LogP) is 5.89. The smallest absolute Gasteiger partial charge is 0.287 e. The first-order valence-electron chi connectivity index (χ1n) is 11.4. The van der Waals surface area contributed by atoms with Crippen molar-refractivity contribution in [2.24, 2.45) is 0 Å². The number of hydrogen-bond acceptors (Lipinski definition) is 9. The number of halogens is 5. The lowest BCUT2D eigenvalue weighted by Gasteiger charge is -2.25. The summed E-state index contributed by atoms with van der Waals surface area (Å²) in [5.74, 6) is 1.69. The molecule has 16 heteroatoms. The summed E-state index contributed by atoms with van der Waals surface area (Å²) in [6, 6.07) is 8.27. The van der Waals surface area contributed by atoms with E-state index in [4.69, 9.17) is 28.2 Å². The van der Waals surface area contributed by atoms with Gasteiger partial charge in [0.05, 0.1) is 21.2 Å². The minimum Gasteiger partial charge on any atom is -0.368 e. The van der Waals surface area contributed by atoms with Crippen molar-refractivity contribution in [3.05, 3.63) is 75.3 Å². The molecule has 0 fully saturated rings. The number of benzene rings is 1. The quantitative estimate of drug-likeness (QED) is 0.151. The number of likely N-dealkylation sites (N-methyl/N-ethyl adjacent to an activating group) is 1. The number of pyridine rings is 1. The van der Waals surface area contributed by atoms with Crippen molar-refractivity contribution < 1.29 is 4.92 Å². The Balaban J connectivity index is 0.00000267. The molecule has 2 N–H and O–H groups in total. The molecule has 0 saturated heterocycles. The van der Waals surface area contributed by atoms with Crippen molar-refractivity contribution in [2.75, 3.05) is 50.5 Å². The molecule has 0 saturated carbocycles. The molecule has 3 aromatic heterocycles. The van der Waals surface area contributed by atoms with Crippen LogP contribution in [0.15, 0.2) is 55.1 Å². The third kappa shape index (κ3) is 9.05. The molecule has 4 aromatic rings. The minimum absolute atomic E-state index is 0. The molecule has 0 bridgehead atoms. The van der Waals surface area contributed by atoms with Gasteiger partial charge in [-0.15, -0.1) is 37.2 Å². The summed E-state index contributed by atoms with van der Waals surface area (Å²) in [5, 5.41) is 15.1. The second kappa shape index (κ2) is 16.4. The van der Waals surface area contributed by atoms with Crippen LogP contribution in [0.4, 0.5) is 17.5 Å². The Morgan fingerprint density at radius 3 is 2.35 bits per heavy atom. The first-order chi connectivity index (χ1) is 17.8. The molecular weight excluding hydrogens is 624 g/mol. The SMILES string of the molecule is CN(C)CCN(CCNc1ccc([N+](=O)[O-])cn1)c1ncc(-c2ncc[nH]2)c(-c2ccc(Cl)cc2Cl)n1.Cl.Cl.Cl. The summed E-state index contributed by atoms with van der Waals surface area (Å²) in [4.78, 5) is 35.7. The van der Waals surface area contributed by atoms with Gasteiger partial charge in [-0.05, 0) is 38.4 Å². The number of nitrogens with zero attached hydrogens (tertiary/aromatic N) is 7. The molecule has 216 valence electrons. The maximum atomic E-state index is 10.9. The highest BCUT2D eigenvalue weighted by atomic mass is 35.5. The Labute approximate surface area is 260 Å². The van der Waals surface area contributed by atoms with Gasteiger partial charge in [-0.1, -0.05) is 23.2 Å². The molecule has 0 spiro atoms.